The van der Waals surface area contributed by atoms with Crippen molar-refractivity contribution in [2.75, 3.05) is 12.3 Å². The molecule has 0 saturated carbocycles. The number of anilines is 1. The Labute approximate surface area is 70.7 Å². The molecule has 0 amide bonds. The van der Waals surface area contributed by atoms with E-state index in [9.17, 15) is 0 Å². The summed E-state index contributed by atoms with van der Waals surface area (Å²) in [5.41, 5.74) is 5.42. The molecule has 0 aliphatic carbocycles. The van der Waals surface area contributed by atoms with Gasteiger partial charge in [0.1, 0.15) is 6.10 Å². The summed E-state index contributed by atoms with van der Waals surface area (Å²) in [6.45, 7) is 0.811. The Kier molecular flexibility index (Phi) is 1.99. The van der Waals surface area contributed by atoms with E-state index < -0.39 is 0 Å². The standard InChI is InChI=1S/C8H12N2O2/c9-8-5-7(12-10-8)6-3-1-2-4-11-6/h5-6H,1-4H2,(H2,9,10). The zero-order valence-electron chi connectivity index (χ0n) is 6.82. The molecule has 1 aromatic heterocycles. The number of hydrogen-bond donors (Lipinski definition) is 1. The van der Waals surface area contributed by atoms with Crippen molar-refractivity contribution in [3.8, 4) is 0 Å². The van der Waals surface area contributed by atoms with E-state index in [-0.39, 0.29) is 6.10 Å². The van der Waals surface area contributed by atoms with Crippen LogP contribution in [0.1, 0.15) is 31.1 Å². The average Bonchev–Trinajstić information content (AvgIpc) is 2.54. The van der Waals surface area contributed by atoms with Crippen LogP contribution in [-0.4, -0.2) is 11.8 Å². The molecule has 1 aliphatic rings. The minimum atomic E-state index is 0.0727. The summed E-state index contributed by atoms with van der Waals surface area (Å²) >= 11 is 0. The van der Waals surface area contributed by atoms with E-state index in [0.717, 1.165) is 25.2 Å². The molecule has 2 N–H and O–H groups in total. The predicted octanol–water partition coefficient (Wildman–Crippen LogP) is 1.50. The molecule has 1 atom stereocenters. The fraction of sp³-hybridized carbons (Fsp3) is 0.625. The van der Waals surface area contributed by atoms with Crippen LogP contribution in [0.25, 0.3) is 0 Å². The molecule has 2 heterocycles. The first kappa shape index (κ1) is 7.61. The Hall–Kier alpha value is -1.03. The van der Waals surface area contributed by atoms with Crippen molar-refractivity contribution in [3.63, 3.8) is 0 Å². The van der Waals surface area contributed by atoms with Gasteiger partial charge >= 0.3 is 0 Å². The molecule has 1 fully saturated rings. The van der Waals surface area contributed by atoms with Crippen molar-refractivity contribution in [1.29, 1.82) is 0 Å². The summed E-state index contributed by atoms with van der Waals surface area (Å²) in [5.74, 6) is 1.19. The highest BCUT2D eigenvalue weighted by molar-refractivity contribution is 5.27. The lowest BCUT2D eigenvalue weighted by atomic mass is 10.1. The normalized spacial score (nSPS) is 24.2. The first-order valence-electron chi connectivity index (χ1n) is 4.20. The minimum Gasteiger partial charge on any atom is -0.381 e. The molecule has 4 heteroatoms. The smallest absolute Gasteiger partial charge is 0.167 e. The fourth-order valence-corrected chi connectivity index (χ4v) is 1.42. The van der Waals surface area contributed by atoms with Crippen LogP contribution < -0.4 is 5.73 Å². The van der Waals surface area contributed by atoms with E-state index >= 15 is 0 Å². The highest BCUT2D eigenvalue weighted by atomic mass is 16.5. The van der Waals surface area contributed by atoms with Gasteiger partial charge in [0.2, 0.25) is 0 Å². The maximum Gasteiger partial charge on any atom is 0.167 e. The summed E-state index contributed by atoms with van der Waals surface area (Å²) in [7, 11) is 0. The Morgan fingerprint density at radius 3 is 3.00 bits per heavy atom. The third-order valence-corrected chi connectivity index (χ3v) is 2.04. The number of nitrogens with zero attached hydrogens (tertiary/aromatic N) is 1. The molecule has 1 unspecified atom stereocenters. The van der Waals surface area contributed by atoms with Crippen molar-refractivity contribution in [2.24, 2.45) is 0 Å². The maximum absolute atomic E-state index is 5.49. The van der Waals surface area contributed by atoms with E-state index in [2.05, 4.69) is 5.16 Å². The van der Waals surface area contributed by atoms with E-state index in [0.29, 0.717) is 5.82 Å². The van der Waals surface area contributed by atoms with E-state index in [4.69, 9.17) is 15.0 Å². The zero-order chi connectivity index (χ0) is 8.39. The van der Waals surface area contributed by atoms with Crippen LogP contribution in [0.4, 0.5) is 5.82 Å². The molecule has 2 rings (SSSR count). The number of nitrogen functional groups attached to an aromatic ring is 1. The van der Waals surface area contributed by atoms with Crippen LogP contribution in [0.15, 0.2) is 10.6 Å². The molecule has 1 aliphatic heterocycles. The number of aromatic nitrogens is 1. The van der Waals surface area contributed by atoms with Crippen molar-refractivity contribution in [3.05, 3.63) is 11.8 Å². The van der Waals surface area contributed by atoms with Crippen molar-refractivity contribution < 1.29 is 9.26 Å². The monoisotopic (exact) mass is 168 g/mol. The van der Waals surface area contributed by atoms with Crippen LogP contribution in [0.3, 0.4) is 0 Å². The van der Waals surface area contributed by atoms with Gasteiger partial charge in [0.15, 0.2) is 11.6 Å². The van der Waals surface area contributed by atoms with Crippen LogP contribution in [-0.2, 0) is 4.74 Å². The number of rotatable bonds is 1. The van der Waals surface area contributed by atoms with Gasteiger partial charge in [-0.15, -0.1) is 0 Å². The average molecular weight is 168 g/mol. The van der Waals surface area contributed by atoms with Crippen molar-refractivity contribution >= 4 is 5.82 Å². The van der Waals surface area contributed by atoms with E-state index in [1.807, 2.05) is 0 Å². The maximum atomic E-state index is 5.49. The lowest BCUT2D eigenvalue weighted by Gasteiger charge is -2.19. The summed E-state index contributed by atoms with van der Waals surface area (Å²) in [6.07, 6.45) is 3.41. The van der Waals surface area contributed by atoms with Gasteiger partial charge < -0.3 is 15.0 Å². The minimum absolute atomic E-state index is 0.0727. The van der Waals surface area contributed by atoms with Gasteiger partial charge in [-0.1, -0.05) is 5.16 Å². The molecular formula is C8H12N2O2. The predicted molar refractivity (Wildman–Crippen MR) is 43.5 cm³/mol. The zero-order valence-corrected chi connectivity index (χ0v) is 6.82. The molecule has 4 nitrogen and oxygen atoms in total. The lowest BCUT2D eigenvalue weighted by molar-refractivity contribution is -0.00134. The Morgan fingerprint density at radius 2 is 2.42 bits per heavy atom. The highest BCUT2D eigenvalue weighted by Crippen LogP contribution is 2.28. The SMILES string of the molecule is Nc1cc(C2CCCCO2)on1. The summed E-state index contributed by atoms with van der Waals surface area (Å²) in [5, 5.41) is 3.61. The van der Waals surface area contributed by atoms with E-state index in [1.165, 1.54) is 6.42 Å². The third-order valence-electron chi connectivity index (χ3n) is 2.04. The molecule has 1 saturated heterocycles. The van der Waals surface area contributed by atoms with Gasteiger partial charge in [-0.3, -0.25) is 0 Å². The van der Waals surface area contributed by atoms with Gasteiger partial charge in [0.25, 0.3) is 0 Å². The second-order valence-electron chi connectivity index (χ2n) is 3.01. The Morgan fingerprint density at radius 1 is 1.50 bits per heavy atom. The van der Waals surface area contributed by atoms with Crippen LogP contribution >= 0.6 is 0 Å². The molecule has 12 heavy (non-hydrogen) atoms. The number of ether oxygens (including phenoxy) is 1. The lowest BCUT2D eigenvalue weighted by Crippen LogP contribution is -2.10. The quantitative estimate of drug-likeness (QED) is 0.690. The molecule has 0 spiro atoms. The summed E-state index contributed by atoms with van der Waals surface area (Å²) < 4.78 is 10.5. The van der Waals surface area contributed by atoms with Crippen molar-refractivity contribution in [1.82, 2.24) is 5.16 Å². The van der Waals surface area contributed by atoms with Gasteiger partial charge in [-0.25, -0.2) is 0 Å². The van der Waals surface area contributed by atoms with Gasteiger partial charge in [0, 0.05) is 12.7 Å². The Bertz CT molecular complexity index is 253. The fourth-order valence-electron chi connectivity index (χ4n) is 1.42. The van der Waals surface area contributed by atoms with Gasteiger partial charge in [-0.05, 0) is 19.3 Å². The molecule has 0 bridgehead atoms. The van der Waals surface area contributed by atoms with Crippen LogP contribution in [0.2, 0.25) is 0 Å². The molecule has 1 aromatic rings. The summed E-state index contributed by atoms with van der Waals surface area (Å²) in [4.78, 5) is 0. The number of hydrogen-bond acceptors (Lipinski definition) is 4. The molecule has 66 valence electrons. The molecule has 0 aromatic carbocycles. The second kappa shape index (κ2) is 3.15. The third kappa shape index (κ3) is 1.43. The number of nitrogens with two attached hydrogens (primary N) is 1. The van der Waals surface area contributed by atoms with Gasteiger partial charge in [0.05, 0.1) is 0 Å². The first-order chi connectivity index (χ1) is 5.86. The summed E-state index contributed by atoms with van der Waals surface area (Å²) in [6, 6.07) is 1.73. The van der Waals surface area contributed by atoms with Gasteiger partial charge in [-0.2, -0.15) is 0 Å². The highest BCUT2D eigenvalue weighted by Gasteiger charge is 2.19. The largest absolute Gasteiger partial charge is 0.381 e. The van der Waals surface area contributed by atoms with Crippen LogP contribution in [0, 0.1) is 0 Å². The van der Waals surface area contributed by atoms with E-state index in [1.54, 1.807) is 6.07 Å². The molecule has 0 radical (unpaired) electrons. The van der Waals surface area contributed by atoms with Crippen molar-refractivity contribution in [2.45, 2.75) is 25.4 Å². The second-order valence-corrected chi connectivity index (χ2v) is 3.01. The first-order valence-corrected chi connectivity index (χ1v) is 4.20. The Balaban J connectivity index is 2.08. The molecular weight excluding hydrogens is 156 g/mol. The van der Waals surface area contributed by atoms with Crippen LogP contribution in [0.5, 0.6) is 0 Å². The topological polar surface area (TPSA) is 61.3 Å².